The van der Waals surface area contributed by atoms with Crippen molar-refractivity contribution < 1.29 is 4.74 Å². The zero-order chi connectivity index (χ0) is 12.8. The fourth-order valence-electron chi connectivity index (χ4n) is 1.50. The van der Waals surface area contributed by atoms with Crippen LogP contribution in [0.5, 0.6) is 0 Å². The van der Waals surface area contributed by atoms with Crippen molar-refractivity contribution in [2.75, 3.05) is 13.7 Å². The van der Waals surface area contributed by atoms with Gasteiger partial charge in [0, 0.05) is 20.2 Å². The van der Waals surface area contributed by atoms with E-state index in [0.717, 1.165) is 5.82 Å². The molecule has 1 rings (SSSR count). The molecule has 1 heterocycles. The molecular weight excluding hydrogens is 238 g/mol. The highest BCUT2D eigenvalue weighted by Crippen LogP contribution is 2.06. The van der Waals surface area contributed by atoms with Crippen LogP contribution in [0, 0.1) is 0 Å². The van der Waals surface area contributed by atoms with Gasteiger partial charge in [-0.15, -0.1) is 10.2 Å². The van der Waals surface area contributed by atoms with E-state index in [9.17, 15) is 0 Å². The monoisotopic (exact) mass is 257 g/mol. The van der Waals surface area contributed by atoms with E-state index in [-0.39, 0.29) is 12.1 Å². The number of nitrogens with one attached hydrogen (secondary N) is 2. The molecule has 1 aromatic heterocycles. The Bertz CT molecular complexity index is 367. The van der Waals surface area contributed by atoms with Gasteiger partial charge in [-0.25, -0.2) is 0 Å². The zero-order valence-corrected chi connectivity index (χ0v) is 11.4. The van der Waals surface area contributed by atoms with Crippen LogP contribution in [0.15, 0.2) is 6.33 Å². The SMILES string of the molecule is COCC(C)NC(=S)NC(C)c1nncn1C. The molecule has 0 amide bonds. The van der Waals surface area contributed by atoms with Crippen molar-refractivity contribution >= 4 is 17.3 Å². The van der Waals surface area contributed by atoms with Crippen molar-refractivity contribution in [2.24, 2.45) is 7.05 Å². The molecule has 17 heavy (non-hydrogen) atoms. The van der Waals surface area contributed by atoms with E-state index in [1.54, 1.807) is 13.4 Å². The maximum Gasteiger partial charge on any atom is 0.167 e. The fraction of sp³-hybridized carbons (Fsp3) is 0.700. The van der Waals surface area contributed by atoms with Gasteiger partial charge < -0.3 is 19.9 Å². The lowest BCUT2D eigenvalue weighted by Crippen LogP contribution is -2.43. The summed E-state index contributed by atoms with van der Waals surface area (Å²) in [6, 6.07) is 0.184. The summed E-state index contributed by atoms with van der Waals surface area (Å²) in [6.07, 6.45) is 1.66. The molecule has 0 aliphatic rings. The van der Waals surface area contributed by atoms with Gasteiger partial charge in [0.15, 0.2) is 10.9 Å². The number of ether oxygens (including phenoxy) is 1. The Labute approximate surface area is 107 Å². The molecule has 0 aliphatic carbocycles. The first kappa shape index (κ1) is 13.9. The third-order valence-electron chi connectivity index (χ3n) is 2.28. The maximum atomic E-state index is 5.20. The Morgan fingerprint density at radius 2 is 2.24 bits per heavy atom. The Balaban J connectivity index is 2.44. The lowest BCUT2D eigenvalue weighted by atomic mass is 10.3. The molecule has 0 saturated heterocycles. The summed E-state index contributed by atoms with van der Waals surface area (Å²) in [5, 5.41) is 14.7. The molecule has 6 nitrogen and oxygen atoms in total. The summed E-state index contributed by atoms with van der Waals surface area (Å²) in [6.45, 7) is 4.60. The van der Waals surface area contributed by atoms with Gasteiger partial charge in [-0.1, -0.05) is 0 Å². The molecule has 0 fully saturated rings. The van der Waals surface area contributed by atoms with Crippen LogP contribution in [0.1, 0.15) is 25.7 Å². The Kier molecular flexibility index (Phi) is 5.30. The van der Waals surface area contributed by atoms with Crippen molar-refractivity contribution in [1.82, 2.24) is 25.4 Å². The highest BCUT2D eigenvalue weighted by molar-refractivity contribution is 7.80. The van der Waals surface area contributed by atoms with Gasteiger partial charge >= 0.3 is 0 Å². The average Bonchev–Trinajstić information content (AvgIpc) is 2.64. The normalized spacial score (nSPS) is 14.1. The number of aromatic nitrogens is 3. The Morgan fingerprint density at radius 3 is 2.76 bits per heavy atom. The first-order valence-electron chi connectivity index (χ1n) is 5.44. The van der Waals surface area contributed by atoms with E-state index >= 15 is 0 Å². The number of rotatable bonds is 5. The number of nitrogens with zero attached hydrogens (tertiary/aromatic N) is 3. The van der Waals surface area contributed by atoms with Crippen molar-refractivity contribution in [3.63, 3.8) is 0 Å². The Morgan fingerprint density at radius 1 is 1.53 bits per heavy atom. The van der Waals surface area contributed by atoms with Gasteiger partial charge in [-0.05, 0) is 26.1 Å². The third kappa shape index (κ3) is 4.27. The second kappa shape index (κ2) is 6.51. The number of aryl methyl sites for hydroxylation is 1. The second-order valence-corrected chi connectivity index (χ2v) is 4.40. The molecule has 96 valence electrons. The lowest BCUT2D eigenvalue weighted by Gasteiger charge is -2.19. The Hall–Kier alpha value is -1.21. The molecular formula is C10H19N5OS. The minimum atomic E-state index is 0.0113. The predicted octanol–water partition coefficient (Wildman–Crippen LogP) is 0.375. The predicted molar refractivity (Wildman–Crippen MR) is 69.6 cm³/mol. The molecule has 0 radical (unpaired) electrons. The van der Waals surface area contributed by atoms with Crippen LogP contribution in [0.25, 0.3) is 0 Å². The van der Waals surface area contributed by atoms with Crippen LogP contribution >= 0.6 is 12.2 Å². The van der Waals surface area contributed by atoms with Gasteiger partial charge in [-0.2, -0.15) is 0 Å². The van der Waals surface area contributed by atoms with Crippen LogP contribution in [-0.4, -0.2) is 39.6 Å². The molecule has 0 saturated carbocycles. The van der Waals surface area contributed by atoms with E-state index < -0.39 is 0 Å². The van der Waals surface area contributed by atoms with Gasteiger partial charge in [0.1, 0.15) is 6.33 Å². The number of thiocarbonyl (C=S) groups is 1. The maximum absolute atomic E-state index is 5.20. The quantitative estimate of drug-likeness (QED) is 0.743. The van der Waals surface area contributed by atoms with Crippen LogP contribution in [0.2, 0.25) is 0 Å². The minimum Gasteiger partial charge on any atom is -0.383 e. The molecule has 2 unspecified atom stereocenters. The van der Waals surface area contributed by atoms with Crippen molar-refractivity contribution in [2.45, 2.75) is 25.9 Å². The lowest BCUT2D eigenvalue weighted by molar-refractivity contribution is 0.179. The molecule has 0 aromatic carbocycles. The first-order chi connectivity index (χ1) is 8.04. The van der Waals surface area contributed by atoms with Crippen molar-refractivity contribution in [1.29, 1.82) is 0 Å². The summed E-state index contributed by atoms with van der Waals surface area (Å²) in [5.74, 6) is 0.841. The van der Waals surface area contributed by atoms with E-state index in [0.29, 0.717) is 11.7 Å². The number of hydrogen-bond donors (Lipinski definition) is 2. The van der Waals surface area contributed by atoms with Gasteiger partial charge in [-0.3, -0.25) is 0 Å². The van der Waals surface area contributed by atoms with Crippen LogP contribution < -0.4 is 10.6 Å². The van der Waals surface area contributed by atoms with Gasteiger partial charge in [0.25, 0.3) is 0 Å². The third-order valence-corrected chi connectivity index (χ3v) is 2.51. The average molecular weight is 257 g/mol. The standard InChI is InChI=1S/C10H19N5OS/c1-7(5-16-4)12-10(17)13-8(2)9-14-11-6-15(9)3/h6-8H,5H2,1-4H3,(H2,12,13,17). The second-order valence-electron chi connectivity index (χ2n) is 4.00. The summed E-state index contributed by atoms with van der Waals surface area (Å²) in [4.78, 5) is 0. The van der Waals surface area contributed by atoms with E-state index in [4.69, 9.17) is 17.0 Å². The van der Waals surface area contributed by atoms with Crippen molar-refractivity contribution in [3.8, 4) is 0 Å². The van der Waals surface area contributed by atoms with E-state index in [2.05, 4.69) is 20.8 Å². The van der Waals surface area contributed by atoms with E-state index in [1.807, 2.05) is 25.5 Å². The topological polar surface area (TPSA) is 64.0 Å². The molecule has 0 aliphatic heterocycles. The van der Waals surface area contributed by atoms with Gasteiger partial charge in [0.2, 0.25) is 0 Å². The smallest absolute Gasteiger partial charge is 0.167 e. The summed E-state index contributed by atoms with van der Waals surface area (Å²) in [5.41, 5.74) is 0. The minimum absolute atomic E-state index is 0.0113. The molecule has 0 spiro atoms. The largest absolute Gasteiger partial charge is 0.383 e. The van der Waals surface area contributed by atoms with E-state index in [1.165, 1.54) is 0 Å². The highest BCUT2D eigenvalue weighted by Gasteiger charge is 2.13. The molecule has 7 heteroatoms. The van der Waals surface area contributed by atoms with Crippen LogP contribution in [0.3, 0.4) is 0 Å². The summed E-state index contributed by atoms with van der Waals surface area (Å²) >= 11 is 5.20. The summed E-state index contributed by atoms with van der Waals surface area (Å²) in [7, 11) is 3.56. The highest BCUT2D eigenvalue weighted by atomic mass is 32.1. The molecule has 2 atom stereocenters. The number of hydrogen-bond acceptors (Lipinski definition) is 4. The van der Waals surface area contributed by atoms with Crippen molar-refractivity contribution in [3.05, 3.63) is 12.2 Å². The van der Waals surface area contributed by atoms with Gasteiger partial charge in [0.05, 0.1) is 12.6 Å². The number of methoxy groups -OCH3 is 1. The summed E-state index contributed by atoms with van der Waals surface area (Å²) < 4.78 is 6.88. The molecule has 2 N–H and O–H groups in total. The van der Waals surface area contributed by atoms with Crippen LogP contribution in [-0.2, 0) is 11.8 Å². The first-order valence-corrected chi connectivity index (χ1v) is 5.85. The fourth-order valence-corrected chi connectivity index (χ4v) is 1.88. The molecule has 0 bridgehead atoms. The van der Waals surface area contributed by atoms with Crippen LogP contribution in [0.4, 0.5) is 0 Å². The molecule has 1 aromatic rings. The zero-order valence-electron chi connectivity index (χ0n) is 10.6.